The molecule has 0 aromatic heterocycles. The topological polar surface area (TPSA) is 15.3 Å². The van der Waals surface area contributed by atoms with Crippen molar-refractivity contribution in [1.29, 1.82) is 0 Å². The highest BCUT2D eigenvalue weighted by atomic mass is 15.2. The highest BCUT2D eigenvalue weighted by Gasteiger charge is 2.26. The Morgan fingerprint density at radius 2 is 1.93 bits per heavy atom. The normalized spacial score (nSPS) is 24.0. The van der Waals surface area contributed by atoms with E-state index < -0.39 is 0 Å². The van der Waals surface area contributed by atoms with Crippen LogP contribution in [0.4, 0.5) is 0 Å². The van der Waals surface area contributed by atoms with E-state index in [9.17, 15) is 0 Å². The Hall–Kier alpha value is -0.0800. The third kappa shape index (κ3) is 3.76. The molecule has 0 bridgehead atoms. The van der Waals surface area contributed by atoms with Crippen LogP contribution in [0.3, 0.4) is 0 Å². The molecule has 1 aliphatic rings. The summed E-state index contributed by atoms with van der Waals surface area (Å²) in [6.45, 7) is 12.9. The van der Waals surface area contributed by atoms with Crippen molar-refractivity contribution >= 4 is 0 Å². The van der Waals surface area contributed by atoms with E-state index in [0.717, 1.165) is 18.0 Å². The average molecular weight is 212 g/mol. The molecule has 1 rings (SSSR count). The molecule has 1 heterocycles. The Labute approximate surface area is 95.4 Å². The monoisotopic (exact) mass is 212 g/mol. The standard InChI is InChI=1S/C13H28N2/c1-5-12(6-2)15-8-7-14-10-13(15)9-11(3)4/h11-14H,5-10H2,1-4H3. The van der Waals surface area contributed by atoms with Crippen LogP contribution >= 0.6 is 0 Å². The van der Waals surface area contributed by atoms with E-state index in [1.807, 2.05) is 0 Å². The minimum absolute atomic E-state index is 0.767. The van der Waals surface area contributed by atoms with Gasteiger partial charge >= 0.3 is 0 Å². The third-order valence-electron chi connectivity index (χ3n) is 3.55. The van der Waals surface area contributed by atoms with Gasteiger partial charge in [0.2, 0.25) is 0 Å². The van der Waals surface area contributed by atoms with Gasteiger partial charge in [0.05, 0.1) is 0 Å². The molecule has 0 spiro atoms. The molecule has 0 aromatic carbocycles. The van der Waals surface area contributed by atoms with Crippen LogP contribution in [0.1, 0.15) is 47.0 Å². The summed E-state index contributed by atoms with van der Waals surface area (Å²) >= 11 is 0. The lowest BCUT2D eigenvalue weighted by Crippen LogP contribution is -2.55. The van der Waals surface area contributed by atoms with Crippen molar-refractivity contribution in [3.05, 3.63) is 0 Å². The maximum absolute atomic E-state index is 3.53. The summed E-state index contributed by atoms with van der Waals surface area (Å²) < 4.78 is 0. The van der Waals surface area contributed by atoms with E-state index in [1.165, 1.54) is 38.9 Å². The quantitative estimate of drug-likeness (QED) is 0.753. The molecule has 1 saturated heterocycles. The number of rotatable bonds is 5. The summed E-state index contributed by atoms with van der Waals surface area (Å²) in [6.07, 6.45) is 3.93. The van der Waals surface area contributed by atoms with Gasteiger partial charge in [-0.15, -0.1) is 0 Å². The van der Waals surface area contributed by atoms with Crippen molar-refractivity contribution in [3.8, 4) is 0 Å². The molecule has 0 radical (unpaired) electrons. The van der Waals surface area contributed by atoms with Gasteiger partial charge in [-0.05, 0) is 25.2 Å². The second kappa shape index (κ2) is 6.49. The summed E-state index contributed by atoms with van der Waals surface area (Å²) in [4.78, 5) is 2.75. The third-order valence-corrected chi connectivity index (χ3v) is 3.55. The van der Waals surface area contributed by atoms with Crippen LogP contribution in [0, 0.1) is 5.92 Å². The fraction of sp³-hybridized carbons (Fsp3) is 1.00. The van der Waals surface area contributed by atoms with Gasteiger partial charge in [0, 0.05) is 31.7 Å². The molecule has 1 N–H and O–H groups in total. The van der Waals surface area contributed by atoms with Crippen LogP contribution < -0.4 is 5.32 Å². The lowest BCUT2D eigenvalue weighted by molar-refractivity contribution is 0.0866. The van der Waals surface area contributed by atoms with Crippen molar-refractivity contribution in [1.82, 2.24) is 10.2 Å². The van der Waals surface area contributed by atoms with E-state index >= 15 is 0 Å². The lowest BCUT2D eigenvalue weighted by Gasteiger charge is -2.42. The van der Waals surface area contributed by atoms with Gasteiger partial charge in [-0.2, -0.15) is 0 Å². The van der Waals surface area contributed by atoms with E-state index in [0.29, 0.717) is 0 Å². The smallest absolute Gasteiger partial charge is 0.0226 e. The van der Waals surface area contributed by atoms with Crippen LogP contribution in [-0.2, 0) is 0 Å². The molecule has 15 heavy (non-hydrogen) atoms. The Morgan fingerprint density at radius 1 is 1.27 bits per heavy atom. The number of nitrogens with zero attached hydrogens (tertiary/aromatic N) is 1. The average Bonchev–Trinajstić information content (AvgIpc) is 2.21. The highest BCUT2D eigenvalue weighted by Crippen LogP contribution is 2.19. The van der Waals surface area contributed by atoms with Crippen molar-refractivity contribution in [2.24, 2.45) is 5.92 Å². The lowest BCUT2D eigenvalue weighted by atomic mass is 9.97. The number of piperazine rings is 1. The predicted octanol–water partition coefficient (Wildman–Crippen LogP) is 2.49. The minimum atomic E-state index is 0.767. The minimum Gasteiger partial charge on any atom is -0.314 e. The van der Waals surface area contributed by atoms with E-state index in [4.69, 9.17) is 0 Å². The van der Waals surface area contributed by atoms with Crippen LogP contribution in [0.5, 0.6) is 0 Å². The molecule has 0 aliphatic carbocycles. The molecule has 0 saturated carbocycles. The number of hydrogen-bond donors (Lipinski definition) is 1. The SMILES string of the molecule is CCC(CC)N1CCNCC1CC(C)C. The Kier molecular flexibility index (Phi) is 5.62. The maximum atomic E-state index is 3.53. The summed E-state index contributed by atoms with van der Waals surface area (Å²) in [5.41, 5.74) is 0. The molecule has 1 fully saturated rings. The number of nitrogens with one attached hydrogen (secondary N) is 1. The first kappa shape index (κ1) is 13.0. The van der Waals surface area contributed by atoms with Crippen molar-refractivity contribution in [2.45, 2.75) is 59.0 Å². The molecule has 0 aromatic rings. The molecule has 1 atom stereocenters. The van der Waals surface area contributed by atoms with Gasteiger partial charge in [-0.1, -0.05) is 27.7 Å². The van der Waals surface area contributed by atoms with Crippen molar-refractivity contribution in [3.63, 3.8) is 0 Å². The molecule has 90 valence electrons. The number of hydrogen-bond acceptors (Lipinski definition) is 2. The van der Waals surface area contributed by atoms with Crippen molar-refractivity contribution in [2.75, 3.05) is 19.6 Å². The molecule has 2 nitrogen and oxygen atoms in total. The van der Waals surface area contributed by atoms with Gasteiger partial charge in [0.25, 0.3) is 0 Å². The second-order valence-corrected chi connectivity index (χ2v) is 5.20. The van der Waals surface area contributed by atoms with Crippen LogP contribution in [-0.4, -0.2) is 36.6 Å². The molecular formula is C13H28N2. The first-order chi connectivity index (χ1) is 7.19. The van der Waals surface area contributed by atoms with Gasteiger partial charge in [-0.25, -0.2) is 0 Å². The molecule has 1 unspecified atom stereocenters. The van der Waals surface area contributed by atoms with Crippen LogP contribution in [0.2, 0.25) is 0 Å². The van der Waals surface area contributed by atoms with E-state index in [2.05, 4.69) is 37.9 Å². The largest absolute Gasteiger partial charge is 0.314 e. The fourth-order valence-electron chi connectivity index (χ4n) is 2.78. The van der Waals surface area contributed by atoms with Crippen LogP contribution in [0.15, 0.2) is 0 Å². The van der Waals surface area contributed by atoms with E-state index in [-0.39, 0.29) is 0 Å². The Balaban J connectivity index is 2.55. The van der Waals surface area contributed by atoms with Gasteiger partial charge in [0.15, 0.2) is 0 Å². The van der Waals surface area contributed by atoms with Crippen molar-refractivity contribution < 1.29 is 0 Å². The zero-order chi connectivity index (χ0) is 11.3. The highest BCUT2D eigenvalue weighted by molar-refractivity contribution is 4.84. The summed E-state index contributed by atoms with van der Waals surface area (Å²) in [6, 6.07) is 1.57. The Bertz CT molecular complexity index is 164. The first-order valence-corrected chi connectivity index (χ1v) is 6.65. The van der Waals surface area contributed by atoms with Crippen LogP contribution in [0.25, 0.3) is 0 Å². The summed E-state index contributed by atoms with van der Waals surface area (Å²) in [5.74, 6) is 0.812. The molecular weight excluding hydrogens is 184 g/mol. The van der Waals surface area contributed by atoms with Gasteiger partial charge in [0.1, 0.15) is 0 Å². The maximum Gasteiger partial charge on any atom is 0.0226 e. The molecule has 0 amide bonds. The zero-order valence-electron chi connectivity index (χ0n) is 10.9. The van der Waals surface area contributed by atoms with E-state index in [1.54, 1.807) is 0 Å². The zero-order valence-corrected chi connectivity index (χ0v) is 10.9. The fourth-order valence-corrected chi connectivity index (χ4v) is 2.78. The van der Waals surface area contributed by atoms with Gasteiger partial charge < -0.3 is 5.32 Å². The second-order valence-electron chi connectivity index (χ2n) is 5.20. The molecule has 1 aliphatic heterocycles. The first-order valence-electron chi connectivity index (χ1n) is 6.65. The Morgan fingerprint density at radius 3 is 2.47 bits per heavy atom. The predicted molar refractivity (Wildman–Crippen MR) is 67.2 cm³/mol. The summed E-state index contributed by atoms with van der Waals surface area (Å²) in [5, 5.41) is 3.53. The summed E-state index contributed by atoms with van der Waals surface area (Å²) in [7, 11) is 0. The van der Waals surface area contributed by atoms with Gasteiger partial charge in [-0.3, -0.25) is 4.90 Å². The molecule has 2 heteroatoms.